The topological polar surface area (TPSA) is 106 Å². The number of benzene rings is 1. The summed E-state index contributed by atoms with van der Waals surface area (Å²) in [6.07, 6.45) is 8.08. The van der Waals surface area contributed by atoms with E-state index < -0.39 is 10.0 Å². The lowest BCUT2D eigenvalue weighted by Gasteiger charge is -2.49. The van der Waals surface area contributed by atoms with Gasteiger partial charge in [0.25, 0.3) is 10.0 Å². The maximum atomic E-state index is 13.5. The molecule has 0 N–H and O–H groups in total. The molecule has 0 spiro atoms. The van der Waals surface area contributed by atoms with Crippen molar-refractivity contribution in [3.05, 3.63) is 66.9 Å². The highest BCUT2D eigenvalue weighted by molar-refractivity contribution is 7.90. The summed E-state index contributed by atoms with van der Waals surface area (Å²) in [5, 5.41) is 14.8. The molecule has 1 aliphatic rings. The number of nitriles is 1. The van der Waals surface area contributed by atoms with Crippen molar-refractivity contribution in [1.82, 2.24) is 23.7 Å². The SMILES string of the molecule is BC1(B)C(/C(=C\C#N)n2cc(-c3ncnc4c3ccn4S(=O)(=O)c3ccc(C)cc3)cn2)C(B)(B)C(B)(B)C1(B)B. The minimum absolute atomic E-state index is 0.0264. The van der Waals surface area contributed by atoms with Crippen LogP contribution in [0, 0.1) is 24.2 Å². The second-order valence-corrected chi connectivity index (χ2v) is 15.2. The summed E-state index contributed by atoms with van der Waals surface area (Å²) in [5.41, 5.74) is 3.37. The largest absolute Gasteiger partial charge is 0.269 e. The molecule has 0 unspecified atom stereocenters. The molecule has 0 amide bonds. The van der Waals surface area contributed by atoms with Gasteiger partial charge in [-0.2, -0.15) is 10.4 Å². The first-order valence-corrected chi connectivity index (χ1v) is 15.2. The van der Waals surface area contributed by atoms with Gasteiger partial charge in [0, 0.05) is 29.4 Å². The van der Waals surface area contributed by atoms with Crippen LogP contribution in [0.3, 0.4) is 0 Å². The predicted octanol–water partition coefficient (Wildman–Crippen LogP) is -3.64. The highest BCUT2D eigenvalue weighted by Crippen LogP contribution is 2.80. The molecule has 1 saturated carbocycles. The fraction of sp³-hybridized carbons (Fsp3) is 0.250. The number of aromatic nitrogens is 5. The van der Waals surface area contributed by atoms with Crippen molar-refractivity contribution in [2.45, 2.75) is 32.7 Å². The first kappa shape index (κ1) is 29.2. The summed E-state index contributed by atoms with van der Waals surface area (Å²) in [4.78, 5) is 9.04. The molecule has 198 valence electrons. The van der Waals surface area contributed by atoms with Crippen LogP contribution in [0.1, 0.15) is 5.56 Å². The van der Waals surface area contributed by atoms with Crippen molar-refractivity contribution in [3.8, 4) is 17.3 Å². The van der Waals surface area contributed by atoms with Crippen LogP contribution < -0.4 is 0 Å². The van der Waals surface area contributed by atoms with Gasteiger partial charge in [0.2, 0.25) is 0 Å². The van der Waals surface area contributed by atoms with Crippen LogP contribution in [0.15, 0.2) is 66.2 Å². The zero-order chi connectivity index (χ0) is 30.2. The van der Waals surface area contributed by atoms with Crippen molar-refractivity contribution in [1.29, 1.82) is 5.26 Å². The Morgan fingerprint density at radius 2 is 1.59 bits per heavy atom. The van der Waals surface area contributed by atoms with Gasteiger partial charge in [-0.25, -0.2) is 27.0 Å². The van der Waals surface area contributed by atoms with Crippen LogP contribution in [0.4, 0.5) is 0 Å². The standard InChI is InChI=1S/C24H30B8N6O2S/c1-13-2-4-15(5-3-13)41(39,40)38-9-7-16-18(34-12-35-20(16)38)14-10-36-37(11-14)17(6-8-33)19-21(25,26)23(29,30)24(31,32)22(19,27)28/h2-7,9-12,19H,25-32H2,1H3/b17-6+. The average Bonchev–Trinajstić information content (AvgIpc) is 3.57. The Bertz CT molecular complexity index is 1830. The Balaban J connectivity index is 1.61. The number of fused-ring (bicyclic) bond motifs is 1. The van der Waals surface area contributed by atoms with E-state index in [0.717, 1.165) is 11.3 Å². The van der Waals surface area contributed by atoms with E-state index in [0.29, 0.717) is 16.6 Å². The van der Waals surface area contributed by atoms with Crippen LogP contribution in [-0.4, -0.2) is 94.9 Å². The third-order valence-corrected chi connectivity index (χ3v) is 12.6. The smallest absolute Gasteiger partial charge is 0.243 e. The normalized spacial score (nSPS) is 19.7. The molecule has 8 nitrogen and oxygen atoms in total. The maximum absolute atomic E-state index is 13.5. The van der Waals surface area contributed by atoms with E-state index in [2.05, 4.69) is 78.8 Å². The van der Waals surface area contributed by atoms with Crippen molar-refractivity contribution < 1.29 is 8.42 Å². The lowest BCUT2D eigenvalue weighted by molar-refractivity contribution is 0.570. The summed E-state index contributed by atoms with van der Waals surface area (Å²) in [5.74, 6) is 0.0264. The minimum Gasteiger partial charge on any atom is -0.243 e. The summed E-state index contributed by atoms with van der Waals surface area (Å²) in [6.45, 7) is 1.91. The van der Waals surface area contributed by atoms with Crippen LogP contribution in [0.25, 0.3) is 28.0 Å². The average molecular weight is 553 g/mol. The molecule has 1 aliphatic carbocycles. The van der Waals surface area contributed by atoms with Gasteiger partial charge in [-0.1, -0.05) is 28.1 Å². The number of hydrogen-bond acceptors (Lipinski definition) is 6. The van der Waals surface area contributed by atoms with Crippen LogP contribution in [0.2, 0.25) is 20.9 Å². The van der Waals surface area contributed by atoms with E-state index in [1.54, 1.807) is 47.3 Å². The quantitative estimate of drug-likeness (QED) is 0.187. The summed E-state index contributed by atoms with van der Waals surface area (Å²) >= 11 is 0. The van der Waals surface area contributed by atoms with E-state index in [-0.39, 0.29) is 37.3 Å². The Morgan fingerprint density at radius 3 is 2.17 bits per heavy atom. The number of allylic oxidation sites excluding steroid dienone is 2. The molecule has 0 atom stereocenters. The summed E-state index contributed by atoms with van der Waals surface area (Å²) in [7, 11) is 14.6. The molecular formula is C24H30B8N6O2S. The van der Waals surface area contributed by atoms with E-state index in [9.17, 15) is 13.7 Å². The Labute approximate surface area is 249 Å². The van der Waals surface area contributed by atoms with Crippen LogP contribution in [-0.2, 0) is 10.0 Å². The Hall–Kier alpha value is -3.25. The third-order valence-electron chi connectivity index (χ3n) is 10.9. The zero-order valence-corrected chi connectivity index (χ0v) is 26.1. The van der Waals surface area contributed by atoms with Crippen molar-refractivity contribution in [3.63, 3.8) is 0 Å². The molecule has 4 aromatic rings. The summed E-state index contributed by atoms with van der Waals surface area (Å²) in [6, 6.07) is 10.7. The number of rotatable bonds is 5. The maximum Gasteiger partial charge on any atom is 0.269 e. The second-order valence-electron chi connectivity index (χ2n) is 13.4. The fourth-order valence-electron chi connectivity index (χ4n) is 7.08. The van der Waals surface area contributed by atoms with Gasteiger partial charge in [0.15, 0.2) is 5.65 Å². The molecule has 0 bridgehead atoms. The highest BCUT2D eigenvalue weighted by atomic mass is 32.2. The molecule has 1 aromatic carbocycles. The van der Waals surface area contributed by atoms with Gasteiger partial charge in [-0.3, -0.25) is 0 Å². The monoisotopic (exact) mass is 554 g/mol. The fourth-order valence-corrected chi connectivity index (χ4v) is 8.39. The molecule has 0 aliphatic heterocycles. The van der Waals surface area contributed by atoms with Gasteiger partial charge in [-0.05, 0) is 31.0 Å². The molecule has 5 rings (SSSR count). The van der Waals surface area contributed by atoms with E-state index in [1.807, 2.05) is 13.1 Å². The van der Waals surface area contributed by atoms with Gasteiger partial charge >= 0.3 is 0 Å². The van der Waals surface area contributed by atoms with Crippen molar-refractivity contribution in [2.75, 3.05) is 0 Å². The molecule has 3 heterocycles. The first-order chi connectivity index (χ1) is 19.0. The number of aryl methyl sites for hydroxylation is 1. The number of hydrogen-bond donors (Lipinski definition) is 0. The molecule has 0 radical (unpaired) electrons. The Kier molecular flexibility index (Phi) is 6.69. The molecule has 41 heavy (non-hydrogen) atoms. The minimum atomic E-state index is -3.85. The molecule has 0 saturated heterocycles. The molecule has 1 fully saturated rings. The zero-order valence-electron chi connectivity index (χ0n) is 25.3. The lowest BCUT2D eigenvalue weighted by Crippen LogP contribution is -2.39. The lowest BCUT2D eigenvalue weighted by atomic mass is 9.17. The van der Waals surface area contributed by atoms with Gasteiger partial charge in [-0.15, -0.1) is 10.4 Å². The summed E-state index contributed by atoms with van der Waals surface area (Å²) < 4.78 is 29.9. The van der Waals surface area contributed by atoms with Crippen molar-refractivity contribution >= 4 is 89.5 Å². The van der Waals surface area contributed by atoms with Gasteiger partial charge in [0.1, 0.15) is 6.33 Å². The van der Waals surface area contributed by atoms with E-state index in [4.69, 9.17) is 5.10 Å². The first-order valence-electron chi connectivity index (χ1n) is 13.8. The predicted molar refractivity (Wildman–Crippen MR) is 185 cm³/mol. The third kappa shape index (κ3) is 4.04. The van der Waals surface area contributed by atoms with E-state index >= 15 is 0 Å². The second kappa shape index (κ2) is 9.38. The van der Waals surface area contributed by atoms with Crippen LogP contribution in [0.5, 0.6) is 0 Å². The van der Waals surface area contributed by atoms with Gasteiger partial charge in [0.05, 0.1) is 91.3 Å². The Morgan fingerprint density at radius 1 is 0.976 bits per heavy atom. The van der Waals surface area contributed by atoms with E-state index in [1.165, 1.54) is 16.5 Å². The molecule has 3 aromatic heterocycles. The van der Waals surface area contributed by atoms with Gasteiger partial charge < -0.3 is 0 Å². The number of nitrogens with zero attached hydrogens (tertiary/aromatic N) is 6. The molecular weight excluding hydrogens is 523 g/mol. The van der Waals surface area contributed by atoms with Crippen molar-refractivity contribution in [2.24, 2.45) is 5.92 Å². The highest BCUT2D eigenvalue weighted by Gasteiger charge is 2.66. The molecule has 17 heteroatoms. The van der Waals surface area contributed by atoms with Crippen LogP contribution >= 0.6 is 0 Å².